The SMILES string of the molecule is CCN(C=O)C(C)(C(=O)O)c1ccc(OC)c(OC)c1. The molecule has 0 saturated carbocycles. The third-order valence-electron chi connectivity index (χ3n) is 3.40. The first-order valence-electron chi connectivity index (χ1n) is 6.13. The van der Waals surface area contributed by atoms with Crippen LogP contribution < -0.4 is 9.47 Å². The lowest BCUT2D eigenvalue weighted by molar-refractivity contribution is -0.154. The Hall–Kier alpha value is -2.24. The number of likely N-dealkylation sites (N-methyl/N-ethyl adjacent to an activating group) is 1. The summed E-state index contributed by atoms with van der Waals surface area (Å²) in [4.78, 5) is 24.0. The van der Waals surface area contributed by atoms with Crippen molar-refractivity contribution in [1.29, 1.82) is 0 Å². The van der Waals surface area contributed by atoms with Crippen molar-refractivity contribution in [3.8, 4) is 11.5 Å². The van der Waals surface area contributed by atoms with Gasteiger partial charge in [0, 0.05) is 6.54 Å². The van der Waals surface area contributed by atoms with Gasteiger partial charge in [-0.3, -0.25) is 4.79 Å². The van der Waals surface area contributed by atoms with Gasteiger partial charge in [-0.15, -0.1) is 0 Å². The van der Waals surface area contributed by atoms with Crippen LogP contribution in [0.5, 0.6) is 11.5 Å². The van der Waals surface area contributed by atoms with Gasteiger partial charge in [0.1, 0.15) is 0 Å². The van der Waals surface area contributed by atoms with E-state index in [1.165, 1.54) is 26.0 Å². The molecule has 0 aliphatic heterocycles. The molecular weight excluding hydrogens is 262 g/mol. The maximum absolute atomic E-state index is 11.7. The van der Waals surface area contributed by atoms with E-state index < -0.39 is 11.5 Å². The second-order valence-corrected chi connectivity index (χ2v) is 4.34. The number of amides is 1. The molecule has 0 aromatic heterocycles. The Morgan fingerprint density at radius 1 is 1.35 bits per heavy atom. The average Bonchev–Trinajstić information content (AvgIpc) is 2.47. The number of carboxylic acids is 1. The minimum Gasteiger partial charge on any atom is -0.493 e. The van der Waals surface area contributed by atoms with Crippen molar-refractivity contribution in [1.82, 2.24) is 4.90 Å². The zero-order valence-electron chi connectivity index (χ0n) is 12.0. The zero-order chi connectivity index (χ0) is 15.3. The normalized spacial score (nSPS) is 13.2. The fourth-order valence-corrected chi connectivity index (χ4v) is 2.05. The number of ether oxygens (including phenoxy) is 2. The molecule has 1 amide bonds. The Balaban J connectivity index is 3.43. The van der Waals surface area contributed by atoms with Crippen molar-refractivity contribution in [3.05, 3.63) is 23.8 Å². The topological polar surface area (TPSA) is 76.1 Å². The first-order valence-corrected chi connectivity index (χ1v) is 6.13. The van der Waals surface area contributed by atoms with Crippen LogP contribution in [0.1, 0.15) is 19.4 Å². The number of hydrogen-bond donors (Lipinski definition) is 1. The highest BCUT2D eigenvalue weighted by molar-refractivity contribution is 5.83. The molecule has 1 N–H and O–H groups in total. The number of carbonyl (C=O) groups excluding carboxylic acids is 1. The van der Waals surface area contributed by atoms with Gasteiger partial charge in [-0.05, 0) is 31.5 Å². The average molecular weight is 281 g/mol. The molecule has 0 aliphatic rings. The third-order valence-corrected chi connectivity index (χ3v) is 3.40. The maximum atomic E-state index is 11.7. The van der Waals surface area contributed by atoms with Gasteiger partial charge >= 0.3 is 5.97 Å². The van der Waals surface area contributed by atoms with E-state index in [0.29, 0.717) is 23.5 Å². The second kappa shape index (κ2) is 6.27. The van der Waals surface area contributed by atoms with Crippen molar-refractivity contribution < 1.29 is 24.2 Å². The van der Waals surface area contributed by atoms with E-state index >= 15 is 0 Å². The first-order chi connectivity index (χ1) is 9.45. The monoisotopic (exact) mass is 281 g/mol. The Morgan fingerprint density at radius 2 is 1.95 bits per heavy atom. The highest BCUT2D eigenvalue weighted by atomic mass is 16.5. The number of aliphatic carboxylic acids is 1. The summed E-state index contributed by atoms with van der Waals surface area (Å²) in [6.07, 6.45) is 0.533. The molecule has 0 aliphatic carbocycles. The quantitative estimate of drug-likeness (QED) is 0.766. The van der Waals surface area contributed by atoms with Crippen LogP contribution in [-0.2, 0) is 15.1 Å². The molecule has 1 aromatic rings. The molecule has 20 heavy (non-hydrogen) atoms. The third kappa shape index (κ3) is 2.54. The smallest absolute Gasteiger partial charge is 0.334 e. The van der Waals surface area contributed by atoms with Crippen LogP contribution in [0.25, 0.3) is 0 Å². The van der Waals surface area contributed by atoms with E-state index in [1.54, 1.807) is 25.1 Å². The summed E-state index contributed by atoms with van der Waals surface area (Å²) in [5, 5.41) is 9.54. The molecule has 0 spiro atoms. The van der Waals surface area contributed by atoms with Crippen LogP contribution in [-0.4, -0.2) is 43.2 Å². The van der Waals surface area contributed by atoms with E-state index in [9.17, 15) is 14.7 Å². The summed E-state index contributed by atoms with van der Waals surface area (Å²) in [6.45, 7) is 3.48. The van der Waals surface area contributed by atoms with Crippen molar-refractivity contribution in [2.24, 2.45) is 0 Å². The molecule has 0 fully saturated rings. The van der Waals surface area contributed by atoms with Crippen molar-refractivity contribution in [3.63, 3.8) is 0 Å². The first kappa shape index (κ1) is 15.8. The van der Waals surface area contributed by atoms with Gasteiger partial charge < -0.3 is 19.5 Å². The van der Waals surface area contributed by atoms with E-state index in [1.807, 2.05) is 0 Å². The number of carbonyl (C=O) groups is 2. The van der Waals surface area contributed by atoms with Crippen molar-refractivity contribution >= 4 is 12.4 Å². The molecule has 0 heterocycles. The predicted octanol–water partition coefficient (Wildman–Crippen LogP) is 1.48. The molecular formula is C14H19NO5. The standard InChI is InChI=1S/C14H19NO5/c1-5-15(9-16)14(2,13(17)18)10-6-7-11(19-3)12(8-10)20-4/h6-9H,5H2,1-4H3,(H,17,18). The summed E-state index contributed by atoms with van der Waals surface area (Å²) < 4.78 is 10.3. The molecule has 0 radical (unpaired) electrons. The Bertz CT molecular complexity index is 502. The molecule has 0 bridgehead atoms. The molecule has 6 nitrogen and oxygen atoms in total. The molecule has 1 rings (SSSR count). The molecule has 1 atom stereocenters. The number of benzene rings is 1. The van der Waals surface area contributed by atoms with Gasteiger partial charge in [0.05, 0.1) is 14.2 Å². The summed E-state index contributed by atoms with van der Waals surface area (Å²) in [5.74, 6) is -0.198. The van der Waals surface area contributed by atoms with E-state index in [-0.39, 0.29) is 6.54 Å². The number of methoxy groups -OCH3 is 2. The van der Waals surface area contributed by atoms with E-state index in [4.69, 9.17) is 9.47 Å². The lowest BCUT2D eigenvalue weighted by atomic mass is 9.90. The van der Waals surface area contributed by atoms with Crippen LogP contribution in [0.15, 0.2) is 18.2 Å². The van der Waals surface area contributed by atoms with Crippen LogP contribution >= 0.6 is 0 Å². The zero-order valence-corrected chi connectivity index (χ0v) is 12.0. The van der Waals surface area contributed by atoms with E-state index in [2.05, 4.69) is 0 Å². The lowest BCUT2D eigenvalue weighted by Gasteiger charge is -2.35. The van der Waals surface area contributed by atoms with Gasteiger partial charge in [-0.1, -0.05) is 6.07 Å². The highest BCUT2D eigenvalue weighted by Gasteiger charge is 2.40. The minimum atomic E-state index is -1.46. The van der Waals surface area contributed by atoms with Crippen LogP contribution in [0.2, 0.25) is 0 Å². The summed E-state index contributed by atoms with van der Waals surface area (Å²) in [5.41, 5.74) is -1.02. The molecule has 110 valence electrons. The maximum Gasteiger partial charge on any atom is 0.334 e. The lowest BCUT2D eigenvalue weighted by Crippen LogP contribution is -2.49. The number of carboxylic acid groups (broad SMARTS) is 1. The fraction of sp³-hybridized carbons (Fsp3) is 0.429. The van der Waals surface area contributed by atoms with Crippen molar-refractivity contribution in [2.45, 2.75) is 19.4 Å². The summed E-state index contributed by atoms with van der Waals surface area (Å²) >= 11 is 0. The summed E-state index contributed by atoms with van der Waals surface area (Å²) in [6, 6.07) is 4.80. The van der Waals surface area contributed by atoms with Gasteiger partial charge in [0.25, 0.3) is 0 Å². The Kier molecular flexibility index (Phi) is 4.96. The number of nitrogens with zero attached hydrogens (tertiary/aromatic N) is 1. The number of rotatable bonds is 7. The minimum absolute atomic E-state index is 0.278. The second-order valence-electron chi connectivity index (χ2n) is 4.34. The largest absolute Gasteiger partial charge is 0.493 e. The summed E-state index contributed by atoms with van der Waals surface area (Å²) in [7, 11) is 2.97. The van der Waals surface area contributed by atoms with Gasteiger partial charge in [-0.2, -0.15) is 0 Å². The molecule has 1 unspecified atom stereocenters. The van der Waals surface area contributed by atoms with Crippen LogP contribution in [0.4, 0.5) is 0 Å². The predicted molar refractivity (Wildman–Crippen MR) is 73.0 cm³/mol. The van der Waals surface area contributed by atoms with Crippen molar-refractivity contribution in [2.75, 3.05) is 20.8 Å². The molecule has 6 heteroatoms. The molecule has 1 aromatic carbocycles. The fourth-order valence-electron chi connectivity index (χ4n) is 2.05. The Labute approximate surface area is 117 Å². The Morgan fingerprint density at radius 3 is 2.35 bits per heavy atom. The van der Waals surface area contributed by atoms with Gasteiger partial charge in [-0.25, -0.2) is 4.79 Å². The van der Waals surface area contributed by atoms with E-state index in [0.717, 1.165) is 0 Å². The van der Waals surface area contributed by atoms with Crippen LogP contribution in [0, 0.1) is 0 Å². The highest BCUT2D eigenvalue weighted by Crippen LogP contribution is 2.35. The van der Waals surface area contributed by atoms with Crippen LogP contribution in [0.3, 0.4) is 0 Å². The van der Waals surface area contributed by atoms with Gasteiger partial charge in [0.15, 0.2) is 17.0 Å². The van der Waals surface area contributed by atoms with Gasteiger partial charge in [0.2, 0.25) is 6.41 Å². The molecule has 0 saturated heterocycles. The number of hydrogen-bond acceptors (Lipinski definition) is 4.